The summed E-state index contributed by atoms with van der Waals surface area (Å²) >= 11 is 6.54. The Balaban J connectivity index is 1.64. The van der Waals surface area contributed by atoms with Crippen LogP contribution in [-0.4, -0.2) is 40.2 Å². The number of nitrogens with one attached hydrogen (secondary N) is 1. The van der Waals surface area contributed by atoms with Crippen LogP contribution in [0.1, 0.15) is 35.4 Å². The molecule has 1 aliphatic rings. The number of hydrogen-bond donors (Lipinski definition) is 3. The van der Waals surface area contributed by atoms with Gasteiger partial charge in [0.1, 0.15) is 24.4 Å². The smallest absolute Gasteiger partial charge is 0.241 e. The fraction of sp³-hybridized carbons (Fsp3) is 0.333. The number of hydrogen-bond acceptors (Lipinski definition) is 7. The molecule has 0 aliphatic heterocycles. The van der Waals surface area contributed by atoms with Crippen molar-refractivity contribution in [2.45, 2.75) is 32.4 Å². The van der Waals surface area contributed by atoms with E-state index < -0.39 is 5.41 Å². The average Bonchev–Trinajstić information content (AvgIpc) is 3.35. The van der Waals surface area contributed by atoms with Gasteiger partial charge >= 0.3 is 0 Å². The van der Waals surface area contributed by atoms with Crippen molar-refractivity contribution in [1.29, 1.82) is 0 Å². The van der Waals surface area contributed by atoms with E-state index in [0.29, 0.717) is 29.8 Å². The second-order valence-corrected chi connectivity index (χ2v) is 9.08. The SMILES string of the molecule is Cc1ccccc1C1=CC=CC(COc2ccc(CNCCO)cc2Cl)(c2nnc(CO)o2)C1C. The van der Waals surface area contributed by atoms with Gasteiger partial charge in [0.25, 0.3) is 0 Å². The second kappa shape index (κ2) is 11.2. The van der Waals surface area contributed by atoms with Crippen molar-refractivity contribution in [2.24, 2.45) is 5.92 Å². The molecule has 4 rings (SSSR count). The summed E-state index contributed by atoms with van der Waals surface area (Å²) in [6.07, 6.45) is 6.12. The molecule has 2 atom stereocenters. The van der Waals surface area contributed by atoms with Crippen LogP contribution in [0.25, 0.3) is 5.57 Å². The lowest BCUT2D eigenvalue weighted by molar-refractivity contribution is 0.179. The first-order valence-corrected chi connectivity index (χ1v) is 12.0. The summed E-state index contributed by atoms with van der Waals surface area (Å²) in [5.74, 6) is 1.02. The first kappa shape index (κ1) is 25.1. The van der Waals surface area contributed by atoms with Gasteiger partial charge in [-0.1, -0.05) is 67.1 Å². The number of aryl methyl sites for hydroxylation is 1. The third-order valence-corrected chi connectivity index (χ3v) is 6.74. The van der Waals surface area contributed by atoms with E-state index in [2.05, 4.69) is 47.6 Å². The molecule has 0 bridgehead atoms. The Bertz CT molecular complexity index is 1220. The lowest BCUT2D eigenvalue weighted by atomic mass is 9.68. The Labute approximate surface area is 210 Å². The van der Waals surface area contributed by atoms with Crippen LogP contribution < -0.4 is 10.1 Å². The van der Waals surface area contributed by atoms with E-state index in [9.17, 15) is 5.11 Å². The minimum absolute atomic E-state index is 0.0682. The molecule has 7 nitrogen and oxygen atoms in total. The van der Waals surface area contributed by atoms with Crippen LogP contribution in [0, 0.1) is 12.8 Å². The highest BCUT2D eigenvalue weighted by Gasteiger charge is 2.45. The summed E-state index contributed by atoms with van der Waals surface area (Å²) in [6, 6.07) is 13.9. The summed E-state index contributed by atoms with van der Waals surface area (Å²) in [4.78, 5) is 0. The largest absolute Gasteiger partial charge is 0.491 e. The van der Waals surface area contributed by atoms with E-state index in [1.807, 2.05) is 42.5 Å². The molecule has 0 saturated carbocycles. The quantitative estimate of drug-likeness (QED) is 0.362. The van der Waals surface area contributed by atoms with Gasteiger partial charge in [-0.25, -0.2) is 0 Å². The van der Waals surface area contributed by atoms with E-state index in [-0.39, 0.29) is 31.6 Å². The monoisotopic (exact) mass is 495 g/mol. The molecule has 8 heteroatoms. The number of rotatable bonds is 10. The molecular formula is C27H30ClN3O4. The van der Waals surface area contributed by atoms with Crippen molar-refractivity contribution in [3.05, 3.63) is 94.2 Å². The molecule has 0 fully saturated rings. The predicted molar refractivity (Wildman–Crippen MR) is 135 cm³/mol. The van der Waals surface area contributed by atoms with Gasteiger partial charge in [-0.2, -0.15) is 0 Å². The van der Waals surface area contributed by atoms with E-state index >= 15 is 0 Å². The van der Waals surface area contributed by atoms with Crippen LogP contribution in [0.4, 0.5) is 0 Å². The van der Waals surface area contributed by atoms with Gasteiger partial charge in [0, 0.05) is 19.0 Å². The highest BCUT2D eigenvalue weighted by molar-refractivity contribution is 6.32. The van der Waals surface area contributed by atoms with Crippen LogP contribution in [0.15, 0.2) is 65.1 Å². The molecule has 0 radical (unpaired) electrons. The van der Waals surface area contributed by atoms with E-state index in [1.165, 1.54) is 5.56 Å². The van der Waals surface area contributed by atoms with Gasteiger partial charge in [0.05, 0.1) is 11.6 Å². The van der Waals surface area contributed by atoms with Crippen LogP contribution in [0.5, 0.6) is 5.75 Å². The third-order valence-electron chi connectivity index (χ3n) is 6.45. The number of ether oxygens (including phenoxy) is 1. The molecule has 3 N–H and O–H groups in total. The molecule has 0 saturated heterocycles. The van der Waals surface area contributed by atoms with Gasteiger partial charge in [-0.15, -0.1) is 10.2 Å². The number of aliphatic hydroxyl groups is 2. The van der Waals surface area contributed by atoms with Crippen LogP contribution in [-0.2, 0) is 18.6 Å². The molecule has 1 heterocycles. The van der Waals surface area contributed by atoms with Gasteiger partial charge in [-0.3, -0.25) is 0 Å². The fourth-order valence-corrected chi connectivity index (χ4v) is 4.64. The van der Waals surface area contributed by atoms with Crippen molar-refractivity contribution in [3.63, 3.8) is 0 Å². The molecule has 2 aromatic carbocycles. The second-order valence-electron chi connectivity index (χ2n) is 8.67. The molecule has 1 aliphatic carbocycles. The zero-order chi connectivity index (χ0) is 24.8. The first-order chi connectivity index (χ1) is 17.0. The molecule has 0 amide bonds. The molecule has 3 aromatic rings. The van der Waals surface area contributed by atoms with Crippen LogP contribution in [0.3, 0.4) is 0 Å². The number of halogens is 1. The van der Waals surface area contributed by atoms with E-state index in [1.54, 1.807) is 0 Å². The van der Waals surface area contributed by atoms with Gasteiger partial charge in [0.15, 0.2) is 0 Å². The summed E-state index contributed by atoms with van der Waals surface area (Å²) in [5, 5.41) is 30.4. The van der Waals surface area contributed by atoms with Crippen LogP contribution >= 0.6 is 11.6 Å². The number of benzene rings is 2. The van der Waals surface area contributed by atoms with Crippen molar-refractivity contribution >= 4 is 17.2 Å². The lowest BCUT2D eigenvalue weighted by Crippen LogP contribution is -2.40. The van der Waals surface area contributed by atoms with Crippen molar-refractivity contribution in [2.75, 3.05) is 19.8 Å². The molecule has 35 heavy (non-hydrogen) atoms. The number of aliphatic hydroxyl groups excluding tert-OH is 2. The highest BCUT2D eigenvalue weighted by Crippen LogP contribution is 2.45. The number of allylic oxidation sites excluding steroid dienone is 3. The highest BCUT2D eigenvalue weighted by atomic mass is 35.5. The van der Waals surface area contributed by atoms with Crippen LogP contribution in [0.2, 0.25) is 5.02 Å². The zero-order valence-corrected chi connectivity index (χ0v) is 20.6. The molecule has 1 aromatic heterocycles. The topological polar surface area (TPSA) is 101 Å². The first-order valence-electron chi connectivity index (χ1n) is 11.6. The predicted octanol–water partition coefficient (Wildman–Crippen LogP) is 4.21. The summed E-state index contributed by atoms with van der Waals surface area (Å²) in [5.41, 5.74) is 3.68. The standard InChI is InChI=1S/C27H30ClN3O4/c1-18-6-3-4-7-21(18)22-8-5-11-27(19(22)2,26-31-30-25(16-33)35-26)17-34-24-10-9-20(14-23(24)28)15-29-12-13-32/h3-11,14,19,29,32-33H,12-13,15-17H2,1-2H3. The number of nitrogens with zero attached hydrogens (tertiary/aromatic N) is 2. The Morgan fingerprint density at radius 1 is 1.17 bits per heavy atom. The number of aromatic nitrogens is 2. The van der Waals surface area contributed by atoms with E-state index in [0.717, 1.165) is 16.7 Å². The zero-order valence-electron chi connectivity index (χ0n) is 19.9. The minimum Gasteiger partial charge on any atom is -0.491 e. The normalized spacial score (nSPS) is 19.6. The summed E-state index contributed by atoms with van der Waals surface area (Å²) < 4.78 is 12.1. The molecule has 0 spiro atoms. The molecule has 2 unspecified atom stereocenters. The molecule has 184 valence electrons. The fourth-order valence-electron chi connectivity index (χ4n) is 4.39. The lowest BCUT2D eigenvalue weighted by Gasteiger charge is -2.37. The maximum atomic E-state index is 9.52. The van der Waals surface area contributed by atoms with Crippen molar-refractivity contribution in [1.82, 2.24) is 15.5 Å². The maximum Gasteiger partial charge on any atom is 0.241 e. The van der Waals surface area contributed by atoms with Gasteiger partial charge in [-0.05, 0) is 41.3 Å². The maximum absolute atomic E-state index is 9.52. The Morgan fingerprint density at radius 2 is 2.00 bits per heavy atom. The minimum atomic E-state index is -0.766. The van der Waals surface area contributed by atoms with Gasteiger partial charge < -0.3 is 24.7 Å². The van der Waals surface area contributed by atoms with Gasteiger partial charge in [0.2, 0.25) is 11.8 Å². The van der Waals surface area contributed by atoms with Crippen molar-refractivity contribution in [3.8, 4) is 5.75 Å². The summed E-state index contributed by atoms with van der Waals surface area (Å²) in [7, 11) is 0. The molecular weight excluding hydrogens is 466 g/mol. The summed E-state index contributed by atoms with van der Waals surface area (Å²) in [6.45, 7) is 5.27. The third kappa shape index (κ3) is 5.33. The Kier molecular flexibility index (Phi) is 8.03. The van der Waals surface area contributed by atoms with Crippen molar-refractivity contribution < 1.29 is 19.4 Å². The average molecular weight is 496 g/mol. The van der Waals surface area contributed by atoms with E-state index in [4.69, 9.17) is 25.9 Å². The Morgan fingerprint density at radius 3 is 2.71 bits per heavy atom. The Hall–Kier alpha value is -2.97.